The molecule has 31 heavy (non-hydrogen) atoms. The van der Waals surface area contributed by atoms with Crippen LogP contribution in [0.4, 0.5) is 11.4 Å². The fraction of sp³-hybridized carbons (Fsp3) is 0.273. The van der Waals surface area contributed by atoms with Gasteiger partial charge < -0.3 is 14.8 Å². The lowest BCUT2D eigenvalue weighted by molar-refractivity contribution is -0.119. The van der Waals surface area contributed by atoms with Crippen molar-refractivity contribution in [1.82, 2.24) is 4.90 Å². The Morgan fingerprint density at radius 1 is 1.16 bits per heavy atom. The monoisotopic (exact) mass is 436 g/mol. The van der Waals surface area contributed by atoms with Gasteiger partial charge in [0.2, 0.25) is 5.91 Å². The minimum Gasteiger partial charge on any atom is -0.486 e. The molecule has 0 radical (unpaired) electrons. The Balaban J connectivity index is 1.35. The van der Waals surface area contributed by atoms with Gasteiger partial charge in [0, 0.05) is 17.3 Å². The highest BCUT2D eigenvalue weighted by molar-refractivity contribution is 8.14. The van der Waals surface area contributed by atoms with E-state index in [1.54, 1.807) is 32.0 Å². The first-order chi connectivity index (χ1) is 15.0. The van der Waals surface area contributed by atoms with Gasteiger partial charge in [-0.2, -0.15) is 4.99 Å². The Hall–Kier alpha value is -3.33. The summed E-state index contributed by atoms with van der Waals surface area (Å²) >= 11 is 1.30. The normalized spacial score (nSPS) is 19.7. The molecule has 1 N–H and O–H groups in total. The summed E-state index contributed by atoms with van der Waals surface area (Å²) in [5.41, 5.74) is 2.18. The average Bonchev–Trinajstić information content (AvgIpc) is 3.08. The number of nitrogens with zero attached hydrogens (tertiary/aromatic N) is 3. The van der Waals surface area contributed by atoms with Crippen LogP contribution >= 0.6 is 11.8 Å². The van der Waals surface area contributed by atoms with Crippen LogP contribution in [-0.4, -0.2) is 52.2 Å². The van der Waals surface area contributed by atoms with Crippen LogP contribution in [0.3, 0.4) is 0 Å². The highest BCUT2D eigenvalue weighted by Crippen LogP contribution is 2.36. The predicted octanol–water partition coefficient (Wildman–Crippen LogP) is 3.20. The highest BCUT2D eigenvalue weighted by Gasteiger charge is 2.40. The third-order valence-electron chi connectivity index (χ3n) is 5.22. The summed E-state index contributed by atoms with van der Waals surface area (Å²) < 4.78 is 11.1. The van der Waals surface area contributed by atoms with E-state index in [0.717, 1.165) is 11.3 Å². The molecule has 3 aliphatic heterocycles. The molecule has 0 aliphatic carbocycles. The number of thioether (sulfide) groups is 1. The Bertz CT molecular complexity index is 1150. The number of hydrogen-bond acceptors (Lipinski definition) is 7. The van der Waals surface area contributed by atoms with Crippen molar-refractivity contribution in [3.8, 4) is 11.5 Å². The van der Waals surface area contributed by atoms with Gasteiger partial charge in [0.1, 0.15) is 25.1 Å². The third-order valence-corrected chi connectivity index (χ3v) is 6.28. The van der Waals surface area contributed by atoms with E-state index in [1.807, 2.05) is 29.2 Å². The second-order valence-electron chi connectivity index (χ2n) is 7.34. The predicted molar refractivity (Wildman–Crippen MR) is 119 cm³/mol. The van der Waals surface area contributed by atoms with Gasteiger partial charge in [0.25, 0.3) is 5.91 Å². The number of aliphatic imine (C=N–C) groups is 2. The van der Waals surface area contributed by atoms with Crippen LogP contribution in [0.25, 0.3) is 0 Å². The molecule has 158 valence electrons. The van der Waals surface area contributed by atoms with Crippen molar-refractivity contribution < 1.29 is 19.1 Å². The second kappa shape index (κ2) is 7.73. The lowest BCUT2D eigenvalue weighted by atomic mass is 10.1. The Morgan fingerprint density at radius 3 is 2.77 bits per heavy atom. The Kier molecular flexibility index (Phi) is 4.90. The van der Waals surface area contributed by atoms with Gasteiger partial charge in [-0.25, -0.2) is 4.99 Å². The van der Waals surface area contributed by atoms with Crippen molar-refractivity contribution in [3.63, 3.8) is 0 Å². The number of nitrogens with one attached hydrogen (secondary N) is 1. The first-order valence-corrected chi connectivity index (χ1v) is 10.9. The summed E-state index contributed by atoms with van der Waals surface area (Å²) in [6.07, 6.45) is 0. The van der Waals surface area contributed by atoms with Crippen LogP contribution < -0.4 is 14.8 Å². The zero-order valence-corrected chi connectivity index (χ0v) is 17.8. The smallest absolute Gasteiger partial charge is 0.270 e. The van der Waals surface area contributed by atoms with Crippen LogP contribution in [-0.2, 0) is 9.59 Å². The van der Waals surface area contributed by atoms with E-state index in [9.17, 15) is 9.59 Å². The molecule has 0 fully saturated rings. The standard InChI is InChI=1S/C22H20N4O4S/c1-12-20(27)25-19-15-5-3-4-6-16(15)24-22(26(12)19)31-13(2)21(28)23-14-7-8-17-18(11-14)30-10-9-29-17/h3-8,11-13H,9-10H2,1-2H3,(H,23,28). The SMILES string of the molecule is CC(SC1=Nc2ccccc2C2=NC(=O)C(C)N12)C(=O)Nc1ccc2c(c1)OCCO2. The van der Waals surface area contributed by atoms with E-state index in [-0.39, 0.29) is 11.8 Å². The average molecular weight is 436 g/mol. The quantitative estimate of drug-likeness (QED) is 0.794. The summed E-state index contributed by atoms with van der Waals surface area (Å²) in [5.74, 6) is 1.47. The van der Waals surface area contributed by atoms with E-state index < -0.39 is 11.3 Å². The number of carbonyl (C=O) groups is 2. The maximum Gasteiger partial charge on any atom is 0.270 e. The zero-order chi connectivity index (χ0) is 21.5. The molecule has 0 spiro atoms. The van der Waals surface area contributed by atoms with Crippen molar-refractivity contribution in [3.05, 3.63) is 48.0 Å². The minimum atomic E-state index is -0.457. The van der Waals surface area contributed by atoms with E-state index in [4.69, 9.17) is 14.5 Å². The third kappa shape index (κ3) is 3.54. The van der Waals surface area contributed by atoms with Gasteiger partial charge in [-0.3, -0.25) is 14.5 Å². The molecule has 9 heteroatoms. The second-order valence-corrected chi connectivity index (χ2v) is 8.65. The van der Waals surface area contributed by atoms with Gasteiger partial charge in [0.05, 0.1) is 10.9 Å². The molecule has 0 bridgehead atoms. The number of amidine groups is 2. The number of anilines is 1. The summed E-state index contributed by atoms with van der Waals surface area (Å²) in [7, 11) is 0. The van der Waals surface area contributed by atoms with Gasteiger partial charge in [-0.05, 0) is 38.1 Å². The number of hydrogen-bond donors (Lipinski definition) is 1. The zero-order valence-electron chi connectivity index (χ0n) is 17.0. The molecule has 3 heterocycles. The van der Waals surface area contributed by atoms with Crippen molar-refractivity contribution >= 4 is 46.0 Å². The number of para-hydroxylation sites is 1. The van der Waals surface area contributed by atoms with E-state index in [1.165, 1.54) is 11.8 Å². The van der Waals surface area contributed by atoms with Crippen molar-refractivity contribution in [2.24, 2.45) is 9.98 Å². The fourth-order valence-electron chi connectivity index (χ4n) is 3.57. The summed E-state index contributed by atoms with van der Waals surface area (Å²) in [5, 5.41) is 3.04. The molecule has 0 aromatic heterocycles. The molecule has 8 nitrogen and oxygen atoms in total. The number of rotatable bonds is 3. The summed E-state index contributed by atoms with van der Waals surface area (Å²) in [6, 6.07) is 12.4. The lowest BCUT2D eigenvalue weighted by Gasteiger charge is -2.30. The summed E-state index contributed by atoms with van der Waals surface area (Å²) in [4.78, 5) is 35.9. The maximum atomic E-state index is 12.9. The largest absolute Gasteiger partial charge is 0.486 e. The fourth-order valence-corrected chi connectivity index (χ4v) is 4.56. The van der Waals surface area contributed by atoms with Gasteiger partial charge in [0.15, 0.2) is 16.7 Å². The van der Waals surface area contributed by atoms with E-state index >= 15 is 0 Å². The molecule has 0 saturated carbocycles. The summed E-state index contributed by atoms with van der Waals surface area (Å²) in [6.45, 7) is 4.60. The number of amides is 2. The van der Waals surface area contributed by atoms with E-state index in [0.29, 0.717) is 41.4 Å². The minimum absolute atomic E-state index is 0.181. The molecule has 2 amide bonds. The van der Waals surface area contributed by atoms with Crippen molar-refractivity contribution in [1.29, 1.82) is 0 Å². The molecule has 2 aromatic rings. The van der Waals surface area contributed by atoms with Gasteiger partial charge in [-0.1, -0.05) is 23.9 Å². The number of benzene rings is 2. The van der Waals surface area contributed by atoms with Gasteiger partial charge in [-0.15, -0.1) is 0 Å². The van der Waals surface area contributed by atoms with Crippen LogP contribution in [0.1, 0.15) is 19.4 Å². The van der Waals surface area contributed by atoms with Crippen LogP contribution in [0, 0.1) is 0 Å². The number of fused-ring (bicyclic) bond motifs is 4. The first-order valence-electron chi connectivity index (χ1n) is 9.98. The van der Waals surface area contributed by atoms with Crippen molar-refractivity contribution in [2.45, 2.75) is 25.1 Å². The van der Waals surface area contributed by atoms with Crippen LogP contribution in [0.2, 0.25) is 0 Å². The molecule has 2 unspecified atom stereocenters. The highest BCUT2D eigenvalue weighted by atomic mass is 32.2. The van der Waals surface area contributed by atoms with Crippen LogP contribution in [0.5, 0.6) is 11.5 Å². The molecular weight excluding hydrogens is 416 g/mol. The molecular formula is C22H20N4O4S. The maximum absolute atomic E-state index is 12.9. The number of ether oxygens (including phenoxy) is 2. The van der Waals surface area contributed by atoms with Crippen LogP contribution in [0.15, 0.2) is 52.4 Å². The number of carbonyl (C=O) groups excluding carboxylic acids is 2. The molecule has 2 atom stereocenters. The van der Waals surface area contributed by atoms with Gasteiger partial charge >= 0.3 is 0 Å². The van der Waals surface area contributed by atoms with Crippen molar-refractivity contribution in [2.75, 3.05) is 18.5 Å². The molecule has 5 rings (SSSR count). The molecule has 0 saturated heterocycles. The Morgan fingerprint density at radius 2 is 1.94 bits per heavy atom. The molecule has 3 aliphatic rings. The topological polar surface area (TPSA) is 92.6 Å². The molecule has 2 aromatic carbocycles. The lowest BCUT2D eigenvalue weighted by Crippen LogP contribution is -2.43. The van der Waals surface area contributed by atoms with E-state index in [2.05, 4.69) is 10.3 Å². The Labute approximate surface area is 183 Å². The first kappa shape index (κ1) is 19.6.